The van der Waals surface area contributed by atoms with Gasteiger partial charge in [-0.15, -0.1) is 10.2 Å². The van der Waals surface area contributed by atoms with Crippen LogP contribution in [0.5, 0.6) is 0 Å². The summed E-state index contributed by atoms with van der Waals surface area (Å²) in [5, 5.41) is 9.26. The number of aromatic nitrogens is 3. The van der Waals surface area contributed by atoms with Crippen molar-refractivity contribution in [3.63, 3.8) is 0 Å². The van der Waals surface area contributed by atoms with E-state index in [4.69, 9.17) is 0 Å². The molecule has 1 amide bonds. The molecular formula is C24H21FN4OS. The van der Waals surface area contributed by atoms with E-state index in [1.54, 1.807) is 17.0 Å². The number of anilines is 1. The van der Waals surface area contributed by atoms with Gasteiger partial charge in [0, 0.05) is 23.5 Å². The second-order valence-electron chi connectivity index (χ2n) is 6.75. The van der Waals surface area contributed by atoms with Crippen molar-refractivity contribution in [2.45, 2.75) is 12.1 Å². The molecule has 0 saturated heterocycles. The summed E-state index contributed by atoms with van der Waals surface area (Å²) in [5.74, 6) is 0.506. The van der Waals surface area contributed by atoms with Gasteiger partial charge in [-0.05, 0) is 43.3 Å². The van der Waals surface area contributed by atoms with Crippen molar-refractivity contribution in [2.75, 3.05) is 17.2 Å². The predicted molar refractivity (Wildman–Crippen MR) is 122 cm³/mol. The number of nitrogens with zero attached hydrogens (tertiary/aromatic N) is 4. The Bertz CT molecular complexity index is 1150. The van der Waals surface area contributed by atoms with Crippen molar-refractivity contribution < 1.29 is 9.18 Å². The number of hydrogen-bond donors (Lipinski definition) is 0. The highest BCUT2D eigenvalue weighted by Crippen LogP contribution is 2.28. The summed E-state index contributed by atoms with van der Waals surface area (Å²) in [4.78, 5) is 14.7. The molecule has 0 bridgehead atoms. The van der Waals surface area contributed by atoms with Crippen LogP contribution in [-0.2, 0) is 4.79 Å². The molecule has 0 spiro atoms. The summed E-state index contributed by atoms with van der Waals surface area (Å²) in [5.41, 5.74) is 2.48. The molecule has 7 heteroatoms. The smallest absolute Gasteiger partial charge is 0.237 e. The minimum absolute atomic E-state index is 0.0198. The molecule has 1 aromatic heterocycles. The quantitative estimate of drug-likeness (QED) is 0.376. The van der Waals surface area contributed by atoms with E-state index in [9.17, 15) is 9.18 Å². The number of thioether (sulfide) groups is 1. The molecule has 0 radical (unpaired) electrons. The Labute approximate surface area is 184 Å². The lowest BCUT2D eigenvalue weighted by Gasteiger charge is -2.20. The minimum atomic E-state index is -0.316. The molecule has 4 rings (SSSR count). The third-order valence-electron chi connectivity index (χ3n) is 4.76. The first-order valence-electron chi connectivity index (χ1n) is 9.92. The van der Waals surface area contributed by atoms with Crippen LogP contribution in [0.15, 0.2) is 90.1 Å². The van der Waals surface area contributed by atoms with Gasteiger partial charge in [0.05, 0.1) is 5.75 Å². The maximum atomic E-state index is 13.5. The van der Waals surface area contributed by atoms with Crippen LogP contribution in [0.2, 0.25) is 0 Å². The molecule has 0 aliphatic heterocycles. The Morgan fingerprint density at radius 3 is 2.23 bits per heavy atom. The Hall–Kier alpha value is -3.45. The second kappa shape index (κ2) is 9.57. The van der Waals surface area contributed by atoms with Crippen molar-refractivity contribution in [3.05, 3.63) is 90.7 Å². The molecule has 0 unspecified atom stereocenters. The molecule has 1 heterocycles. The van der Waals surface area contributed by atoms with Crippen LogP contribution in [0.1, 0.15) is 6.92 Å². The van der Waals surface area contributed by atoms with E-state index < -0.39 is 0 Å². The predicted octanol–water partition coefficient (Wildman–Crippen LogP) is 5.22. The van der Waals surface area contributed by atoms with Crippen LogP contribution in [-0.4, -0.2) is 33.0 Å². The fraction of sp³-hybridized carbons (Fsp3) is 0.125. The van der Waals surface area contributed by atoms with E-state index in [0.29, 0.717) is 17.5 Å². The van der Waals surface area contributed by atoms with Gasteiger partial charge in [0.2, 0.25) is 5.91 Å². The number of carbonyl (C=O) groups is 1. The first-order valence-corrected chi connectivity index (χ1v) is 10.9. The zero-order valence-corrected chi connectivity index (χ0v) is 17.8. The van der Waals surface area contributed by atoms with Gasteiger partial charge in [-0.3, -0.25) is 9.36 Å². The van der Waals surface area contributed by atoms with Gasteiger partial charge >= 0.3 is 0 Å². The largest absolute Gasteiger partial charge is 0.312 e. The summed E-state index contributed by atoms with van der Waals surface area (Å²) < 4.78 is 15.4. The SMILES string of the molecule is CCN(C(=O)CSc1nnc(-c2ccccc2)n1-c1ccc(F)cc1)c1ccccc1. The summed E-state index contributed by atoms with van der Waals surface area (Å²) >= 11 is 1.31. The molecule has 3 aromatic carbocycles. The molecule has 5 nitrogen and oxygen atoms in total. The number of amides is 1. The van der Waals surface area contributed by atoms with E-state index >= 15 is 0 Å². The van der Waals surface area contributed by atoms with Gasteiger partial charge in [0.1, 0.15) is 5.82 Å². The van der Waals surface area contributed by atoms with Crippen molar-refractivity contribution in [2.24, 2.45) is 0 Å². The number of hydrogen-bond acceptors (Lipinski definition) is 4. The number of benzene rings is 3. The maximum Gasteiger partial charge on any atom is 0.237 e. The van der Waals surface area contributed by atoms with E-state index in [1.807, 2.05) is 72.2 Å². The third-order valence-corrected chi connectivity index (χ3v) is 5.67. The van der Waals surface area contributed by atoms with Crippen molar-refractivity contribution in [1.29, 1.82) is 0 Å². The highest BCUT2D eigenvalue weighted by molar-refractivity contribution is 7.99. The zero-order chi connectivity index (χ0) is 21.6. The molecular weight excluding hydrogens is 411 g/mol. The van der Waals surface area contributed by atoms with Gasteiger partial charge in [0.15, 0.2) is 11.0 Å². The average Bonchev–Trinajstić information content (AvgIpc) is 3.24. The number of halogens is 1. The maximum absolute atomic E-state index is 13.5. The lowest BCUT2D eigenvalue weighted by Crippen LogP contribution is -2.32. The molecule has 0 N–H and O–H groups in total. The van der Waals surface area contributed by atoms with Gasteiger partial charge < -0.3 is 4.90 Å². The lowest BCUT2D eigenvalue weighted by atomic mass is 10.2. The first-order chi connectivity index (χ1) is 15.2. The number of rotatable bonds is 7. The van der Waals surface area contributed by atoms with Gasteiger partial charge in [-0.1, -0.05) is 60.3 Å². The fourth-order valence-corrected chi connectivity index (χ4v) is 4.10. The molecule has 0 aliphatic carbocycles. The number of carbonyl (C=O) groups excluding carboxylic acids is 1. The van der Waals surface area contributed by atoms with Gasteiger partial charge in [0.25, 0.3) is 0 Å². The Balaban J connectivity index is 1.63. The van der Waals surface area contributed by atoms with E-state index in [-0.39, 0.29) is 17.5 Å². The summed E-state index contributed by atoms with van der Waals surface area (Å²) in [7, 11) is 0. The van der Waals surface area contributed by atoms with E-state index in [2.05, 4.69) is 10.2 Å². The normalized spacial score (nSPS) is 10.8. The van der Waals surface area contributed by atoms with Crippen molar-refractivity contribution in [1.82, 2.24) is 14.8 Å². The summed E-state index contributed by atoms with van der Waals surface area (Å²) in [6.45, 7) is 2.52. The molecule has 156 valence electrons. The van der Waals surface area contributed by atoms with Crippen LogP contribution in [0.3, 0.4) is 0 Å². The minimum Gasteiger partial charge on any atom is -0.312 e. The van der Waals surface area contributed by atoms with Gasteiger partial charge in [-0.25, -0.2) is 4.39 Å². The Kier molecular flexibility index (Phi) is 6.43. The molecule has 0 saturated carbocycles. The topological polar surface area (TPSA) is 51.0 Å². The van der Waals surface area contributed by atoms with Crippen LogP contribution in [0, 0.1) is 5.82 Å². The summed E-state index contributed by atoms with van der Waals surface area (Å²) in [6.07, 6.45) is 0. The highest BCUT2D eigenvalue weighted by atomic mass is 32.2. The van der Waals surface area contributed by atoms with Crippen molar-refractivity contribution >= 4 is 23.4 Å². The molecule has 31 heavy (non-hydrogen) atoms. The van der Waals surface area contributed by atoms with Gasteiger partial charge in [-0.2, -0.15) is 0 Å². The lowest BCUT2D eigenvalue weighted by molar-refractivity contribution is -0.116. The number of para-hydroxylation sites is 1. The van der Waals surface area contributed by atoms with Crippen LogP contribution in [0.4, 0.5) is 10.1 Å². The average molecular weight is 433 g/mol. The van der Waals surface area contributed by atoms with Crippen LogP contribution >= 0.6 is 11.8 Å². The first kappa shape index (κ1) is 20.8. The van der Waals surface area contributed by atoms with E-state index in [0.717, 1.165) is 16.9 Å². The Morgan fingerprint density at radius 2 is 1.58 bits per heavy atom. The standard InChI is InChI=1S/C24H21FN4OS/c1-2-28(20-11-7-4-8-12-20)22(30)17-31-24-27-26-23(18-9-5-3-6-10-18)29(24)21-15-13-19(25)14-16-21/h3-16H,2,17H2,1H3. The van der Waals surface area contributed by atoms with Crippen molar-refractivity contribution in [3.8, 4) is 17.1 Å². The van der Waals surface area contributed by atoms with E-state index in [1.165, 1.54) is 23.9 Å². The molecule has 0 atom stereocenters. The third kappa shape index (κ3) is 4.67. The molecule has 0 aliphatic rings. The molecule has 0 fully saturated rings. The zero-order valence-electron chi connectivity index (χ0n) is 17.0. The monoisotopic (exact) mass is 432 g/mol. The Morgan fingerprint density at radius 1 is 0.935 bits per heavy atom. The van der Waals surface area contributed by atoms with Crippen LogP contribution in [0.25, 0.3) is 17.1 Å². The fourth-order valence-electron chi connectivity index (χ4n) is 3.28. The molecule has 4 aromatic rings. The second-order valence-corrected chi connectivity index (χ2v) is 7.69. The van der Waals surface area contributed by atoms with Crippen LogP contribution < -0.4 is 4.90 Å². The highest BCUT2D eigenvalue weighted by Gasteiger charge is 2.19. The summed E-state index contributed by atoms with van der Waals surface area (Å²) in [6, 6.07) is 25.4.